The van der Waals surface area contributed by atoms with Crippen molar-refractivity contribution in [2.75, 3.05) is 13.1 Å². The van der Waals surface area contributed by atoms with Gasteiger partial charge in [0.15, 0.2) is 5.60 Å². The number of nitrogens with zero attached hydrogens (tertiary/aromatic N) is 3. The lowest BCUT2D eigenvalue weighted by molar-refractivity contribution is -0.155. The van der Waals surface area contributed by atoms with E-state index in [0.717, 1.165) is 6.92 Å². The number of carboxylic acids is 1. The Morgan fingerprint density at radius 1 is 1.42 bits per heavy atom. The third kappa shape index (κ3) is 5.34. The van der Waals surface area contributed by atoms with Crippen LogP contribution >= 0.6 is 0 Å². The molecule has 106 valence electrons. The zero-order valence-corrected chi connectivity index (χ0v) is 10.5. The molecule has 0 aromatic carbocycles. The summed E-state index contributed by atoms with van der Waals surface area (Å²) < 4.78 is 1.63. The highest BCUT2D eigenvalue weighted by molar-refractivity contribution is 5.79. The number of aliphatic hydroxyl groups is 1. The number of amides is 2. The topological polar surface area (TPSA) is 129 Å². The van der Waals surface area contributed by atoms with Crippen molar-refractivity contribution in [3.05, 3.63) is 12.4 Å². The number of carbonyl (C=O) groups excluding carboxylic acids is 1. The molecular weight excluding hydrogens is 254 g/mol. The molecule has 0 aliphatic rings. The Balaban J connectivity index is 2.13. The van der Waals surface area contributed by atoms with Gasteiger partial charge in [0.25, 0.3) is 0 Å². The van der Waals surface area contributed by atoms with Crippen LogP contribution < -0.4 is 10.6 Å². The Kier molecular flexibility index (Phi) is 5.24. The first-order valence-corrected chi connectivity index (χ1v) is 5.73. The van der Waals surface area contributed by atoms with E-state index < -0.39 is 17.6 Å². The quantitative estimate of drug-likeness (QED) is 0.461. The summed E-state index contributed by atoms with van der Waals surface area (Å²) in [6.45, 7) is 1.77. The Morgan fingerprint density at radius 3 is 2.74 bits per heavy atom. The van der Waals surface area contributed by atoms with Gasteiger partial charge in [-0.2, -0.15) is 0 Å². The first-order valence-electron chi connectivity index (χ1n) is 5.73. The summed E-state index contributed by atoms with van der Waals surface area (Å²) >= 11 is 0. The van der Waals surface area contributed by atoms with Gasteiger partial charge in [0.1, 0.15) is 0 Å². The molecule has 0 saturated heterocycles. The van der Waals surface area contributed by atoms with Crippen molar-refractivity contribution in [1.82, 2.24) is 25.6 Å². The predicted octanol–water partition coefficient (Wildman–Crippen LogP) is -1.20. The zero-order valence-electron chi connectivity index (χ0n) is 10.5. The molecule has 0 aliphatic carbocycles. The lowest BCUT2D eigenvalue weighted by Crippen LogP contribution is -2.49. The molecule has 9 nitrogen and oxygen atoms in total. The summed E-state index contributed by atoms with van der Waals surface area (Å²) in [5.74, 6) is -1.39. The molecule has 9 heteroatoms. The average Bonchev–Trinajstić information content (AvgIpc) is 2.85. The number of carboxylic acid groups (broad SMARTS) is 1. The van der Waals surface area contributed by atoms with Crippen LogP contribution in [0.2, 0.25) is 0 Å². The second-order valence-electron chi connectivity index (χ2n) is 4.21. The Bertz CT molecular complexity index is 418. The Morgan fingerprint density at radius 2 is 2.16 bits per heavy atom. The van der Waals surface area contributed by atoms with Crippen molar-refractivity contribution in [3.8, 4) is 0 Å². The van der Waals surface area contributed by atoms with Crippen LogP contribution in [0.4, 0.5) is 4.79 Å². The molecule has 1 heterocycles. The van der Waals surface area contributed by atoms with Gasteiger partial charge < -0.3 is 20.8 Å². The lowest BCUT2D eigenvalue weighted by atomic mass is 10.1. The van der Waals surface area contributed by atoms with Gasteiger partial charge in [0, 0.05) is 19.3 Å². The van der Waals surface area contributed by atoms with Crippen LogP contribution in [0.1, 0.15) is 13.3 Å². The van der Waals surface area contributed by atoms with Gasteiger partial charge in [-0.15, -0.1) is 5.10 Å². The van der Waals surface area contributed by atoms with Crippen molar-refractivity contribution in [2.45, 2.75) is 25.5 Å². The van der Waals surface area contributed by atoms with Crippen molar-refractivity contribution in [3.63, 3.8) is 0 Å². The largest absolute Gasteiger partial charge is 0.479 e. The van der Waals surface area contributed by atoms with Gasteiger partial charge in [0.2, 0.25) is 0 Å². The van der Waals surface area contributed by atoms with Gasteiger partial charge >= 0.3 is 12.0 Å². The van der Waals surface area contributed by atoms with Gasteiger partial charge in [-0.25, -0.2) is 9.59 Å². The third-order valence-electron chi connectivity index (χ3n) is 2.38. The van der Waals surface area contributed by atoms with E-state index in [1.54, 1.807) is 17.1 Å². The highest BCUT2D eigenvalue weighted by atomic mass is 16.4. The van der Waals surface area contributed by atoms with E-state index in [1.807, 2.05) is 0 Å². The maximum absolute atomic E-state index is 11.3. The molecule has 0 radical (unpaired) electrons. The van der Waals surface area contributed by atoms with E-state index in [4.69, 9.17) is 5.11 Å². The molecule has 0 bridgehead atoms. The van der Waals surface area contributed by atoms with Crippen molar-refractivity contribution in [1.29, 1.82) is 0 Å². The van der Waals surface area contributed by atoms with Crippen LogP contribution in [0.5, 0.6) is 0 Å². The van der Waals surface area contributed by atoms with E-state index in [2.05, 4.69) is 20.9 Å². The van der Waals surface area contributed by atoms with Crippen LogP contribution in [-0.4, -0.2) is 55.9 Å². The van der Waals surface area contributed by atoms with Crippen LogP contribution in [0, 0.1) is 0 Å². The number of hydrogen-bond donors (Lipinski definition) is 4. The molecule has 1 rings (SSSR count). The van der Waals surface area contributed by atoms with Crippen molar-refractivity contribution >= 4 is 12.0 Å². The molecular formula is C10H17N5O4. The Labute approximate surface area is 109 Å². The van der Waals surface area contributed by atoms with Gasteiger partial charge in [-0.1, -0.05) is 5.21 Å². The number of aliphatic carboxylic acids is 1. The third-order valence-corrected chi connectivity index (χ3v) is 2.38. The van der Waals surface area contributed by atoms with Gasteiger partial charge in [0.05, 0.1) is 12.7 Å². The molecule has 1 aromatic heterocycles. The van der Waals surface area contributed by atoms with E-state index in [9.17, 15) is 14.7 Å². The molecule has 4 N–H and O–H groups in total. The fourth-order valence-corrected chi connectivity index (χ4v) is 1.19. The minimum Gasteiger partial charge on any atom is -0.479 e. The number of aryl methyl sites for hydroxylation is 1. The first-order chi connectivity index (χ1) is 8.92. The monoisotopic (exact) mass is 271 g/mol. The summed E-state index contributed by atoms with van der Waals surface area (Å²) in [7, 11) is 0. The van der Waals surface area contributed by atoms with E-state index in [1.165, 1.54) is 0 Å². The summed E-state index contributed by atoms with van der Waals surface area (Å²) in [6, 6.07) is -0.528. The summed E-state index contributed by atoms with van der Waals surface area (Å²) in [4.78, 5) is 21.9. The first kappa shape index (κ1) is 14.9. The maximum Gasteiger partial charge on any atom is 0.337 e. The molecule has 19 heavy (non-hydrogen) atoms. The minimum absolute atomic E-state index is 0.364. The second kappa shape index (κ2) is 6.69. The second-order valence-corrected chi connectivity index (χ2v) is 4.21. The summed E-state index contributed by atoms with van der Waals surface area (Å²) in [5, 5.41) is 30.2. The number of urea groups is 1. The number of rotatable bonds is 7. The van der Waals surface area contributed by atoms with E-state index >= 15 is 0 Å². The minimum atomic E-state index is -1.97. The number of hydrogen-bond acceptors (Lipinski definition) is 5. The van der Waals surface area contributed by atoms with E-state index in [-0.39, 0.29) is 6.54 Å². The number of aromatic nitrogens is 3. The van der Waals surface area contributed by atoms with Crippen LogP contribution in [0.3, 0.4) is 0 Å². The normalized spacial score (nSPS) is 13.6. The molecule has 1 unspecified atom stereocenters. The highest BCUT2D eigenvalue weighted by Gasteiger charge is 2.30. The molecule has 1 atom stereocenters. The van der Waals surface area contributed by atoms with E-state index in [0.29, 0.717) is 19.5 Å². The summed E-state index contributed by atoms with van der Waals surface area (Å²) in [6.07, 6.45) is 3.93. The lowest BCUT2D eigenvalue weighted by Gasteiger charge is -2.18. The molecule has 0 aliphatic heterocycles. The fourth-order valence-electron chi connectivity index (χ4n) is 1.19. The molecule has 2 amide bonds. The van der Waals surface area contributed by atoms with Crippen molar-refractivity contribution in [2.24, 2.45) is 0 Å². The van der Waals surface area contributed by atoms with Crippen LogP contribution in [0.25, 0.3) is 0 Å². The predicted molar refractivity (Wildman–Crippen MR) is 64.3 cm³/mol. The Hall–Kier alpha value is -2.16. The molecule has 1 aromatic rings. The van der Waals surface area contributed by atoms with Gasteiger partial charge in [-0.05, 0) is 13.3 Å². The fraction of sp³-hybridized carbons (Fsp3) is 0.600. The van der Waals surface area contributed by atoms with Crippen LogP contribution in [-0.2, 0) is 11.3 Å². The van der Waals surface area contributed by atoms with Crippen LogP contribution in [0.15, 0.2) is 12.4 Å². The zero-order chi connectivity index (χ0) is 14.3. The smallest absolute Gasteiger partial charge is 0.337 e. The highest BCUT2D eigenvalue weighted by Crippen LogP contribution is 2.00. The van der Waals surface area contributed by atoms with Gasteiger partial charge in [-0.3, -0.25) is 4.68 Å². The standard InChI is InChI=1S/C10H17N5O4/c1-10(19,8(16)17)7-12-9(18)11-3-2-5-15-6-4-13-14-15/h4,6,19H,2-3,5,7H2,1H3,(H,16,17)(H2,11,12,18). The maximum atomic E-state index is 11.3. The summed E-state index contributed by atoms with van der Waals surface area (Å²) in [5.41, 5.74) is -1.97. The van der Waals surface area contributed by atoms with Crippen molar-refractivity contribution < 1.29 is 19.8 Å². The number of carbonyl (C=O) groups is 2. The number of nitrogens with one attached hydrogen (secondary N) is 2. The average molecular weight is 271 g/mol. The SMILES string of the molecule is CC(O)(CNC(=O)NCCCn1ccnn1)C(=O)O. The molecule has 0 fully saturated rings. The molecule has 0 spiro atoms. The molecule has 0 saturated carbocycles.